The van der Waals surface area contributed by atoms with E-state index in [-0.39, 0.29) is 5.41 Å². The van der Waals surface area contributed by atoms with Gasteiger partial charge < -0.3 is 20.3 Å². The standard InChI is InChI=1S/C26H32N8O/c1-17-5-6-18(15-27-22-14-21(32-33-22)26(2,3)4)13-20(17)30-25-24-19(28-16-29-25)7-8-23(31-24)34-9-11-35-12-10-34/h5-8,13-14,16H,9-12,15H2,1-4H3,(H2,27,32,33)(H,28,29,30). The van der Waals surface area contributed by atoms with Crippen molar-refractivity contribution in [2.24, 2.45) is 0 Å². The number of hydrogen-bond donors (Lipinski definition) is 3. The number of aryl methyl sites for hydroxylation is 1. The van der Waals surface area contributed by atoms with Crippen LogP contribution in [0.5, 0.6) is 0 Å². The molecule has 5 rings (SSSR count). The van der Waals surface area contributed by atoms with Crippen LogP contribution in [0.2, 0.25) is 0 Å². The van der Waals surface area contributed by atoms with Crippen LogP contribution in [0.1, 0.15) is 37.6 Å². The second kappa shape index (κ2) is 9.50. The number of morpholine rings is 1. The molecule has 1 aliphatic rings. The van der Waals surface area contributed by atoms with Gasteiger partial charge >= 0.3 is 0 Å². The van der Waals surface area contributed by atoms with E-state index in [1.807, 2.05) is 12.1 Å². The Kier molecular flexibility index (Phi) is 6.25. The van der Waals surface area contributed by atoms with Crippen molar-refractivity contribution < 1.29 is 4.74 Å². The van der Waals surface area contributed by atoms with Crippen molar-refractivity contribution >= 4 is 34.2 Å². The van der Waals surface area contributed by atoms with Crippen molar-refractivity contribution in [2.45, 2.75) is 39.7 Å². The summed E-state index contributed by atoms with van der Waals surface area (Å²) in [5.74, 6) is 2.45. The zero-order valence-electron chi connectivity index (χ0n) is 20.7. The van der Waals surface area contributed by atoms with Crippen LogP contribution in [0.3, 0.4) is 0 Å². The number of H-pyrrole nitrogens is 1. The molecule has 3 aromatic heterocycles. The summed E-state index contributed by atoms with van der Waals surface area (Å²) in [5.41, 5.74) is 5.95. The molecule has 0 bridgehead atoms. The minimum absolute atomic E-state index is 0.0316. The number of fused-ring (bicyclic) bond motifs is 1. The van der Waals surface area contributed by atoms with Gasteiger partial charge in [-0.15, -0.1) is 0 Å². The molecule has 4 heterocycles. The quantitative estimate of drug-likeness (QED) is 0.376. The van der Waals surface area contributed by atoms with E-state index in [1.54, 1.807) is 6.33 Å². The second-order valence-electron chi connectivity index (χ2n) is 9.90. The predicted molar refractivity (Wildman–Crippen MR) is 139 cm³/mol. The van der Waals surface area contributed by atoms with Gasteiger partial charge in [0.1, 0.15) is 23.5 Å². The molecule has 3 N–H and O–H groups in total. The highest BCUT2D eigenvalue weighted by molar-refractivity contribution is 5.88. The zero-order valence-corrected chi connectivity index (χ0v) is 20.7. The first-order valence-corrected chi connectivity index (χ1v) is 12.0. The highest BCUT2D eigenvalue weighted by atomic mass is 16.5. The minimum atomic E-state index is 0.0316. The van der Waals surface area contributed by atoms with E-state index in [0.29, 0.717) is 25.6 Å². The van der Waals surface area contributed by atoms with Crippen LogP contribution in [-0.2, 0) is 16.7 Å². The van der Waals surface area contributed by atoms with E-state index < -0.39 is 0 Å². The van der Waals surface area contributed by atoms with Gasteiger partial charge in [-0.25, -0.2) is 15.0 Å². The zero-order chi connectivity index (χ0) is 24.4. The van der Waals surface area contributed by atoms with Gasteiger partial charge in [-0.3, -0.25) is 5.10 Å². The summed E-state index contributed by atoms with van der Waals surface area (Å²) < 4.78 is 5.48. The van der Waals surface area contributed by atoms with Gasteiger partial charge in [0.05, 0.1) is 18.7 Å². The lowest BCUT2D eigenvalue weighted by atomic mass is 9.92. The molecule has 0 aliphatic carbocycles. The van der Waals surface area contributed by atoms with E-state index in [9.17, 15) is 0 Å². The Bertz CT molecular complexity index is 1320. The van der Waals surface area contributed by atoms with Crippen LogP contribution < -0.4 is 15.5 Å². The van der Waals surface area contributed by atoms with Gasteiger partial charge in [0, 0.05) is 42.5 Å². The third-order valence-electron chi connectivity index (χ3n) is 6.22. The number of hydrogen-bond acceptors (Lipinski definition) is 8. The molecule has 1 aromatic carbocycles. The second-order valence-corrected chi connectivity index (χ2v) is 9.90. The lowest BCUT2D eigenvalue weighted by Crippen LogP contribution is -2.36. The van der Waals surface area contributed by atoms with Gasteiger partial charge in [0.15, 0.2) is 5.82 Å². The summed E-state index contributed by atoms with van der Waals surface area (Å²) in [6, 6.07) is 12.5. The average molecular weight is 473 g/mol. The molecular weight excluding hydrogens is 440 g/mol. The monoisotopic (exact) mass is 472 g/mol. The largest absolute Gasteiger partial charge is 0.378 e. The van der Waals surface area contributed by atoms with Crippen LogP contribution in [0, 0.1) is 6.92 Å². The van der Waals surface area contributed by atoms with Crippen molar-refractivity contribution in [3.63, 3.8) is 0 Å². The lowest BCUT2D eigenvalue weighted by molar-refractivity contribution is 0.122. The van der Waals surface area contributed by atoms with Gasteiger partial charge in [-0.2, -0.15) is 5.10 Å². The molecule has 182 valence electrons. The molecule has 9 nitrogen and oxygen atoms in total. The Morgan fingerprint density at radius 3 is 2.66 bits per heavy atom. The summed E-state index contributed by atoms with van der Waals surface area (Å²) in [4.78, 5) is 16.1. The summed E-state index contributed by atoms with van der Waals surface area (Å²) in [6.45, 7) is 12.3. The number of pyridine rings is 1. The molecule has 0 unspecified atom stereocenters. The molecule has 0 atom stereocenters. The van der Waals surface area contributed by atoms with Crippen LogP contribution in [0.25, 0.3) is 11.0 Å². The van der Waals surface area contributed by atoms with Gasteiger partial charge in [-0.1, -0.05) is 32.9 Å². The third kappa shape index (κ3) is 5.19. The average Bonchev–Trinajstić information content (AvgIpc) is 3.35. The Balaban J connectivity index is 1.36. The lowest BCUT2D eigenvalue weighted by Gasteiger charge is -2.28. The molecular formula is C26H32N8O. The smallest absolute Gasteiger partial charge is 0.160 e. The molecule has 1 fully saturated rings. The first-order valence-electron chi connectivity index (χ1n) is 12.0. The number of anilines is 4. The minimum Gasteiger partial charge on any atom is -0.378 e. The van der Waals surface area contributed by atoms with E-state index in [2.05, 4.69) is 87.7 Å². The predicted octanol–water partition coefficient (Wildman–Crippen LogP) is 4.55. The number of rotatable bonds is 6. The van der Waals surface area contributed by atoms with Crippen molar-refractivity contribution in [1.82, 2.24) is 25.1 Å². The fourth-order valence-electron chi connectivity index (χ4n) is 4.02. The van der Waals surface area contributed by atoms with Crippen molar-refractivity contribution in [2.75, 3.05) is 41.8 Å². The molecule has 1 saturated heterocycles. The Hall–Kier alpha value is -3.72. The molecule has 9 heteroatoms. The number of nitrogens with zero attached hydrogens (tertiary/aromatic N) is 5. The third-order valence-corrected chi connectivity index (χ3v) is 6.22. The number of ether oxygens (including phenoxy) is 1. The molecule has 4 aromatic rings. The van der Waals surface area contributed by atoms with Crippen LogP contribution in [-0.4, -0.2) is 51.5 Å². The Labute approximate surface area is 205 Å². The highest BCUT2D eigenvalue weighted by Crippen LogP contribution is 2.27. The summed E-state index contributed by atoms with van der Waals surface area (Å²) in [6.07, 6.45) is 1.58. The first kappa shape index (κ1) is 23.0. The summed E-state index contributed by atoms with van der Waals surface area (Å²) in [5, 5.41) is 14.4. The van der Waals surface area contributed by atoms with E-state index in [1.165, 1.54) is 0 Å². The molecule has 0 saturated carbocycles. The number of nitrogens with one attached hydrogen (secondary N) is 3. The van der Waals surface area contributed by atoms with Gasteiger partial charge in [0.25, 0.3) is 0 Å². The fourth-order valence-corrected chi connectivity index (χ4v) is 4.02. The molecule has 35 heavy (non-hydrogen) atoms. The SMILES string of the molecule is Cc1ccc(CNc2cc(C(C)(C)C)[nH]n2)cc1Nc1ncnc2ccc(N3CCOCC3)nc12. The molecule has 0 radical (unpaired) electrons. The van der Waals surface area contributed by atoms with Crippen molar-refractivity contribution in [3.05, 3.63) is 59.5 Å². The van der Waals surface area contributed by atoms with Gasteiger partial charge in [-0.05, 0) is 36.2 Å². The molecule has 0 amide bonds. The van der Waals surface area contributed by atoms with E-state index in [0.717, 1.165) is 58.3 Å². The maximum absolute atomic E-state index is 5.48. The maximum atomic E-state index is 5.48. The Morgan fingerprint density at radius 1 is 1.06 bits per heavy atom. The normalized spacial score (nSPS) is 14.3. The molecule has 1 aliphatic heterocycles. The summed E-state index contributed by atoms with van der Waals surface area (Å²) in [7, 11) is 0. The van der Waals surface area contributed by atoms with Crippen LogP contribution in [0.15, 0.2) is 42.7 Å². The number of aromatic nitrogens is 5. The highest BCUT2D eigenvalue weighted by Gasteiger charge is 2.17. The van der Waals surface area contributed by atoms with Crippen molar-refractivity contribution in [1.29, 1.82) is 0 Å². The Morgan fingerprint density at radius 2 is 1.89 bits per heavy atom. The summed E-state index contributed by atoms with van der Waals surface area (Å²) >= 11 is 0. The maximum Gasteiger partial charge on any atom is 0.160 e. The van der Waals surface area contributed by atoms with Crippen LogP contribution >= 0.6 is 0 Å². The van der Waals surface area contributed by atoms with Gasteiger partial charge in [0.2, 0.25) is 0 Å². The van der Waals surface area contributed by atoms with Crippen molar-refractivity contribution in [3.8, 4) is 0 Å². The number of aromatic amines is 1. The van der Waals surface area contributed by atoms with E-state index in [4.69, 9.17) is 9.72 Å². The van der Waals surface area contributed by atoms with E-state index >= 15 is 0 Å². The number of benzene rings is 1. The first-order chi connectivity index (χ1) is 16.9. The van der Waals surface area contributed by atoms with Crippen LogP contribution in [0.4, 0.5) is 23.1 Å². The topological polar surface area (TPSA) is 104 Å². The molecule has 0 spiro atoms. The fraction of sp³-hybridized carbons (Fsp3) is 0.385.